The molecule has 2 heterocycles. The largest absolute Gasteiger partial charge is 0.418 e. The third-order valence-electron chi connectivity index (χ3n) is 7.91. The first-order valence-corrected chi connectivity index (χ1v) is 13.2. The lowest BCUT2D eigenvalue weighted by atomic mass is 9.80. The third-order valence-corrected chi connectivity index (χ3v) is 7.91. The maximum absolute atomic E-state index is 13.7. The summed E-state index contributed by atoms with van der Waals surface area (Å²) in [5.41, 5.74) is -5.42. The van der Waals surface area contributed by atoms with Crippen LogP contribution in [-0.4, -0.2) is 47.2 Å². The molecule has 2 aliphatic heterocycles. The number of carbonyl (C=O) groups is 4. The summed E-state index contributed by atoms with van der Waals surface area (Å²) in [4.78, 5) is 53.4. The molecule has 9 nitrogen and oxygen atoms in total. The first kappa shape index (κ1) is 29.9. The van der Waals surface area contributed by atoms with Gasteiger partial charge in [-0.05, 0) is 36.1 Å². The molecule has 1 saturated carbocycles. The lowest BCUT2D eigenvalue weighted by molar-refractivity contribution is -0.142. The second-order valence-corrected chi connectivity index (χ2v) is 10.8. The van der Waals surface area contributed by atoms with Gasteiger partial charge >= 0.3 is 24.2 Å². The van der Waals surface area contributed by atoms with Crippen molar-refractivity contribution in [2.24, 2.45) is 5.92 Å². The molecule has 15 heteroatoms. The molecule has 43 heavy (non-hydrogen) atoms. The minimum atomic E-state index is -5.30. The van der Waals surface area contributed by atoms with E-state index < -0.39 is 70.3 Å². The van der Waals surface area contributed by atoms with Gasteiger partial charge in [0.05, 0.1) is 28.3 Å². The number of para-hydroxylation sites is 2. The number of hydrogen-bond acceptors (Lipinski definition) is 5. The summed E-state index contributed by atoms with van der Waals surface area (Å²) in [5, 5.41) is 16.2. The lowest BCUT2D eigenvalue weighted by Crippen LogP contribution is -2.53. The maximum Gasteiger partial charge on any atom is 0.418 e. The fraction of sp³-hybridized carbons (Fsp3) is 0.393. The van der Waals surface area contributed by atoms with Gasteiger partial charge in [-0.25, -0.2) is 0 Å². The molecule has 1 aliphatic carbocycles. The van der Waals surface area contributed by atoms with Crippen LogP contribution in [0, 0.1) is 17.2 Å². The molecule has 0 bridgehead atoms. The van der Waals surface area contributed by atoms with E-state index in [1.165, 1.54) is 5.32 Å². The summed E-state index contributed by atoms with van der Waals surface area (Å²) in [6, 6.07) is 7.39. The molecule has 0 radical (unpaired) electrons. The number of nitrogens with one attached hydrogen (secondary N) is 3. The molecule has 3 atom stereocenters. The number of anilines is 2. The van der Waals surface area contributed by atoms with E-state index in [4.69, 9.17) is 0 Å². The fourth-order valence-electron chi connectivity index (χ4n) is 5.65. The van der Waals surface area contributed by atoms with Crippen molar-refractivity contribution in [1.82, 2.24) is 10.2 Å². The molecule has 5 rings (SSSR count). The van der Waals surface area contributed by atoms with Gasteiger partial charge in [0.25, 0.3) is 0 Å². The normalized spacial score (nSPS) is 22.0. The van der Waals surface area contributed by atoms with Crippen LogP contribution in [0.5, 0.6) is 0 Å². The topological polar surface area (TPSA) is 131 Å². The van der Waals surface area contributed by atoms with Crippen molar-refractivity contribution in [3.8, 4) is 6.07 Å². The van der Waals surface area contributed by atoms with Gasteiger partial charge in [0.2, 0.25) is 11.8 Å². The Balaban J connectivity index is 1.38. The lowest BCUT2D eigenvalue weighted by Gasteiger charge is -2.27. The summed E-state index contributed by atoms with van der Waals surface area (Å²) in [5.74, 6) is -4.77. The molecule has 0 unspecified atom stereocenters. The second-order valence-electron chi connectivity index (χ2n) is 10.8. The molecule has 3 N–H and O–H groups in total. The van der Waals surface area contributed by atoms with Crippen LogP contribution in [0.25, 0.3) is 0 Å². The number of carbonyl (C=O) groups excluding carboxylic acids is 4. The average molecular weight is 608 g/mol. The van der Waals surface area contributed by atoms with Gasteiger partial charge in [0, 0.05) is 18.7 Å². The summed E-state index contributed by atoms with van der Waals surface area (Å²) in [6.07, 6.45) is -9.27. The molecule has 0 aromatic heterocycles. The van der Waals surface area contributed by atoms with Gasteiger partial charge in [0.1, 0.15) is 12.1 Å². The van der Waals surface area contributed by atoms with Gasteiger partial charge in [-0.3, -0.25) is 19.2 Å². The smallest absolute Gasteiger partial charge is 0.336 e. The van der Waals surface area contributed by atoms with E-state index in [1.807, 2.05) is 6.07 Å². The van der Waals surface area contributed by atoms with Gasteiger partial charge in [0.15, 0.2) is 0 Å². The third kappa shape index (κ3) is 5.61. The van der Waals surface area contributed by atoms with Crippen molar-refractivity contribution in [2.75, 3.05) is 17.2 Å². The first-order valence-electron chi connectivity index (χ1n) is 13.2. The van der Waals surface area contributed by atoms with Crippen molar-refractivity contribution in [2.45, 2.75) is 55.5 Å². The van der Waals surface area contributed by atoms with Crippen molar-refractivity contribution < 1.29 is 45.5 Å². The zero-order valence-electron chi connectivity index (χ0n) is 22.1. The zero-order chi connectivity index (χ0) is 31.3. The molecular weight excluding hydrogens is 584 g/mol. The number of amides is 4. The standard InChI is InChI=1S/C28H23F6N5O4/c29-27(30,31)17-5-3-6-18(28(32,33)34)21(17)38-23(41)22(40)36-20(10-14-8-9-14)24(42)39-13-26(11-15(39)12-35)16-4-1-2-7-19(16)37-25(26)43/h1-7,14-15,20H,8-11,13H2,(H,36,40)(H,37,43)(H,38,41)/t15-,20-,26-/m0/s1. The Morgan fingerprint density at radius 2 is 1.63 bits per heavy atom. The van der Waals surface area contributed by atoms with E-state index in [2.05, 4.69) is 10.6 Å². The number of benzene rings is 2. The first-order chi connectivity index (χ1) is 20.2. The molecule has 2 aromatic carbocycles. The monoisotopic (exact) mass is 607 g/mol. The summed E-state index contributed by atoms with van der Waals surface area (Å²) in [7, 11) is 0. The Bertz CT molecular complexity index is 1520. The van der Waals surface area contributed by atoms with Crippen LogP contribution in [0.4, 0.5) is 37.7 Å². The van der Waals surface area contributed by atoms with Crippen LogP contribution < -0.4 is 16.0 Å². The SMILES string of the molecule is N#C[C@@H]1C[C@@]2(CN1C(=O)[C@H](CC1CC1)NC(=O)C(=O)Nc1c(C(F)(F)F)cccc1C(F)(F)F)C(=O)Nc1ccccc12. The number of halogens is 6. The maximum atomic E-state index is 13.7. The van der Waals surface area contributed by atoms with Gasteiger partial charge in [-0.15, -0.1) is 0 Å². The van der Waals surface area contributed by atoms with Crippen LogP contribution in [0.1, 0.15) is 42.4 Å². The number of hydrogen-bond donors (Lipinski definition) is 3. The number of alkyl halides is 6. The van der Waals surface area contributed by atoms with Crippen molar-refractivity contribution in [3.05, 3.63) is 59.2 Å². The van der Waals surface area contributed by atoms with Crippen LogP contribution in [0.15, 0.2) is 42.5 Å². The predicted octanol–water partition coefficient (Wildman–Crippen LogP) is 3.96. The van der Waals surface area contributed by atoms with Crippen molar-refractivity contribution in [1.29, 1.82) is 5.26 Å². The average Bonchev–Trinajstić information content (AvgIpc) is 3.60. The van der Waals surface area contributed by atoms with Gasteiger partial charge in [-0.1, -0.05) is 37.1 Å². The molecule has 2 fully saturated rings. The van der Waals surface area contributed by atoms with Crippen LogP contribution in [0.2, 0.25) is 0 Å². The Morgan fingerprint density at radius 3 is 2.21 bits per heavy atom. The highest BCUT2D eigenvalue weighted by Gasteiger charge is 2.56. The highest BCUT2D eigenvalue weighted by atomic mass is 19.4. The Hall–Kier alpha value is -4.61. The van der Waals surface area contributed by atoms with E-state index >= 15 is 0 Å². The number of rotatable bonds is 5. The highest BCUT2D eigenvalue weighted by molar-refractivity contribution is 6.40. The van der Waals surface area contributed by atoms with E-state index in [0.717, 1.165) is 4.90 Å². The van der Waals surface area contributed by atoms with Crippen LogP contribution in [-0.2, 0) is 36.9 Å². The Labute approximate surface area is 240 Å². The second kappa shape index (κ2) is 10.6. The van der Waals surface area contributed by atoms with E-state index in [1.54, 1.807) is 24.3 Å². The number of fused-ring (bicyclic) bond motifs is 2. The zero-order valence-corrected chi connectivity index (χ0v) is 22.1. The van der Waals surface area contributed by atoms with E-state index in [-0.39, 0.29) is 25.3 Å². The molecule has 1 saturated heterocycles. The van der Waals surface area contributed by atoms with Crippen LogP contribution in [0.3, 0.4) is 0 Å². The quantitative estimate of drug-likeness (QED) is 0.350. The molecule has 4 amide bonds. The van der Waals surface area contributed by atoms with Crippen molar-refractivity contribution >= 4 is 35.0 Å². The summed E-state index contributed by atoms with van der Waals surface area (Å²) >= 11 is 0. The minimum absolute atomic E-state index is 0.00915. The number of nitriles is 1. The van der Waals surface area contributed by atoms with E-state index in [9.17, 15) is 50.8 Å². The minimum Gasteiger partial charge on any atom is -0.336 e. The number of nitrogens with zero attached hydrogens (tertiary/aromatic N) is 2. The molecule has 226 valence electrons. The van der Waals surface area contributed by atoms with Crippen molar-refractivity contribution in [3.63, 3.8) is 0 Å². The Kier molecular flexibility index (Phi) is 7.35. The predicted molar refractivity (Wildman–Crippen MR) is 137 cm³/mol. The molecular formula is C28H23F6N5O4. The molecule has 3 aliphatic rings. The highest BCUT2D eigenvalue weighted by Crippen LogP contribution is 2.47. The van der Waals surface area contributed by atoms with Gasteiger partial charge < -0.3 is 20.9 Å². The van der Waals surface area contributed by atoms with Crippen LogP contribution >= 0.6 is 0 Å². The van der Waals surface area contributed by atoms with Gasteiger partial charge in [-0.2, -0.15) is 31.6 Å². The van der Waals surface area contributed by atoms with E-state index in [0.29, 0.717) is 42.3 Å². The summed E-state index contributed by atoms with van der Waals surface area (Å²) in [6.45, 7) is -0.218. The fourth-order valence-corrected chi connectivity index (χ4v) is 5.65. The summed E-state index contributed by atoms with van der Waals surface area (Å²) < 4.78 is 81.0. The Morgan fingerprint density at radius 1 is 1.00 bits per heavy atom. The molecule has 1 spiro atoms. The molecule has 2 aromatic rings. The number of likely N-dealkylation sites (tertiary alicyclic amines) is 1.